The van der Waals surface area contributed by atoms with Crippen LogP contribution in [0.25, 0.3) is 27.9 Å². The number of pyridine rings is 1. The summed E-state index contributed by atoms with van der Waals surface area (Å²) in [6, 6.07) is 17.5. The Bertz CT molecular complexity index is 1150. The van der Waals surface area contributed by atoms with Gasteiger partial charge in [-0.1, -0.05) is 18.2 Å². The number of aromatic nitrogens is 3. The minimum absolute atomic E-state index is 0.0925. The highest BCUT2D eigenvalue weighted by molar-refractivity contribution is 5.83. The van der Waals surface area contributed by atoms with Gasteiger partial charge in [0, 0.05) is 37.9 Å². The molecule has 26 heavy (non-hydrogen) atoms. The van der Waals surface area contributed by atoms with E-state index in [9.17, 15) is 4.79 Å². The molecule has 2 aromatic carbocycles. The molecule has 0 radical (unpaired) electrons. The number of H-pyrrole nitrogens is 1. The minimum atomic E-state index is -0.0925. The summed E-state index contributed by atoms with van der Waals surface area (Å²) in [4.78, 5) is 22.9. The molecule has 0 amide bonds. The standard InChI is InChI=1S/C20H19N5O/c26-19-8-5-14-3-1-2-4-18(14)25(19)20-22-16-7-6-15(13-17(16)23-20)24-11-9-21-10-12-24/h1-8,13,21H,9-12H2,(H,22,23). The van der Waals surface area contributed by atoms with Crippen LogP contribution in [0.1, 0.15) is 0 Å². The number of hydrogen-bond acceptors (Lipinski definition) is 4. The zero-order valence-electron chi connectivity index (χ0n) is 14.3. The van der Waals surface area contributed by atoms with Gasteiger partial charge in [0.15, 0.2) is 0 Å². The van der Waals surface area contributed by atoms with Crippen LogP contribution in [0.2, 0.25) is 0 Å². The van der Waals surface area contributed by atoms with Crippen molar-refractivity contribution in [3.8, 4) is 5.95 Å². The smallest absolute Gasteiger partial charge is 0.257 e. The number of para-hydroxylation sites is 1. The number of aromatic amines is 1. The molecule has 1 saturated heterocycles. The molecule has 0 bridgehead atoms. The van der Waals surface area contributed by atoms with Crippen LogP contribution in [-0.2, 0) is 0 Å². The van der Waals surface area contributed by atoms with E-state index in [1.165, 1.54) is 5.69 Å². The summed E-state index contributed by atoms with van der Waals surface area (Å²) in [5.41, 5.74) is 3.74. The van der Waals surface area contributed by atoms with Crippen LogP contribution in [0.15, 0.2) is 59.4 Å². The summed E-state index contributed by atoms with van der Waals surface area (Å²) in [6.45, 7) is 3.99. The number of fused-ring (bicyclic) bond motifs is 2. The summed E-state index contributed by atoms with van der Waals surface area (Å²) in [7, 11) is 0. The van der Waals surface area contributed by atoms with E-state index in [-0.39, 0.29) is 5.56 Å². The first-order valence-corrected chi connectivity index (χ1v) is 8.86. The third kappa shape index (κ3) is 2.46. The van der Waals surface area contributed by atoms with Crippen molar-refractivity contribution in [2.24, 2.45) is 0 Å². The van der Waals surface area contributed by atoms with Crippen molar-refractivity contribution < 1.29 is 0 Å². The molecule has 1 fully saturated rings. The molecule has 4 aromatic rings. The van der Waals surface area contributed by atoms with Crippen LogP contribution in [0, 0.1) is 0 Å². The lowest BCUT2D eigenvalue weighted by atomic mass is 10.2. The molecular weight excluding hydrogens is 326 g/mol. The highest BCUT2D eigenvalue weighted by Gasteiger charge is 2.13. The molecule has 0 unspecified atom stereocenters. The van der Waals surface area contributed by atoms with Crippen LogP contribution in [0.4, 0.5) is 5.69 Å². The lowest BCUT2D eigenvalue weighted by Crippen LogP contribution is -2.43. The number of hydrogen-bond donors (Lipinski definition) is 2. The number of nitrogens with zero attached hydrogens (tertiary/aromatic N) is 3. The predicted molar refractivity (Wildman–Crippen MR) is 104 cm³/mol. The maximum atomic E-state index is 12.5. The van der Waals surface area contributed by atoms with Gasteiger partial charge in [-0.3, -0.25) is 4.79 Å². The van der Waals surface area contributed by atoms with Crippen LogP contribution in [0.5, 0.6) is 0 Å². The summed E-state index contributed by atoms with van der Waals surface area (Å²) in [6.07, 6.45) is 0. The van der Waals surface area contributed by atoms with E-state index in [2.05, 4.69) is 32.3 Å². The van der Waals surface area contributed by atoms with Crippen LogP contribution < -0.4 is 15.8 Å². The fourth-order valence-corrected chi connectivity index (χ4v) is 3.61. The zero-order valence-corrected chi connectivity index (χ0v) is 14.3. The first kappa shape index (κ1) is 15.2. The van der Waals surface area contributed by atoms with Gasteiger partial charge < -0.3 is 15.2 Å². The summed E-state index contributed by atoms with van der Waals surface area (Å²) in [5.74, 6) is 0.555. The molecule has 1 aliphatic rings. The second kappa shape index (κ2) is 6.00. The van der Waals surface area contributed by atoms with Gasteiger partial charge in [0.05, 0.1) is 16.6 Å². The molecule has 0 atom stereocenters. The largest absolute Gasteiger partial charge is 0.369 e. The zero-order chi connectivity index (χ0) is 17.5. The van der Waals surface area contributed by atoms with E-state index in [0.29, 0.717) is 5.95 Å². The number of anilines is 1. The highest BCUT2D eigenvalue weighted by Crippen LogP contribution is 2.23. The fraction of sp³-hybridized carbons (Fsp3) is 0.200. The molecule has 2 N–H and O–H groups in total. The van der Waals surface area contributed by atoms with Gasteiger partial charge in [0.2, 0.25) is 5.95 Å². The van der Waals surface area contributed by atoms with E-state index >= 15 is 0 Å². The maximum absolute atomic E-state index is 12.5. The van der Waals surface area contributed by atoms with Crippen molar-refractivity contribution in [1.82, 2.24) is 19.9 Å². The van der Waals surface area contributed by atoms with Gasteiger partial charge >= 0.3 is 0 Å². The molecule has 0 saturated carbocycles. The van der Waals surface area contributed by atoms with E-state index in [4.69, 9.17) is 0 Å². The number of rotatable bonds is 2. The Balaban J connectivity index is 1.64. The van der Waals surface area contributed by atoms with Crippen molar-refractivity contribution >= 4 is 27.6 Å². The van der Waals surface area contributed by atoms with Crippen molar-refractivity contribution in [3.63, 3.8) is 0 Å². The molecule has 0 spiro atoms. The molecular formula is C20H19N5O. The third-order valence-electron chi connectivity index (χ3n) is 4.95. The molecule has 5 rings (SSSR count). The molecule has 2 aromatic heterocycles. The van der Waals surface area contributed by atoms with Crippen molar-refractivity contribution in [2.75, 3.05) is 31.1 Å². The average Bonchev–Trinajstić information content (AvgIpc) is 3.11. The fourth-order valence-electron chi connectivity index (χ4n) is 3.61. The van der Waals surface area contributed by atoms with Crippen molar-refractivity contribution in [1.29, 1.82) is 0 Å². The van der Waals surface area contributed by atoms with Gasteiger partial charge in [-0.25, -0.2) is 9.55 Å². The van der Waals surface area contributed by atoms with E-state index in [1.807, 2.05) is 36.4 Å². The number of piperazine rings is 1. The Morgan fingerprint density at radius 1 is 0.962 bits per heavy atom. The SMILES string of the molecule is O=c1ccc2ccccc2n1-c1nc2ccc(N3CCNCC3)cc2[nH]1. The number of imidazole rings is 1. The molecule has 1 aliphatic heterocycles. The Morgan fingerprint density at radius 2 is 1.81 bits per heavy atom. The topological polar surface area (TPSA) is 66.0 Å². The first-order valence-electron chi connectivity index (χ1n) is 8.86. The molecule has 3 heterocycles. The van der Waals surface area contributed by atoms with Gasteiger partial charge in [0.1, 0.15) is 0 Å². The number of benzene rings is 2. The Labute approximate surface area is 150 Å². The Hall–Kier alpha value is -3.12. The van der Waals surface area contributed by atoms with Crippen LogP contribution in [-0.4, -0.2) is 40.7 Å². The second-order valence-corrected chi connectivity index (χ2v) is 6.56. The monoisotopic (exact) mass is 345 g/mol. The number of nitrogens with one attached hydrogen (secondary N) is 2. The van der Waals surface area contributed by atoms with Gasteiger partial charge in [0.25, 0.3) is 5.56 Å². The van der Waals surface area contributed by atoms with Crippen molar-refractivity contribution in [2.45, 2.75) is 0 Å². The van der Waals surface area contributed by atoms with E-state index < -0.39 is 0 Å². The summed E-state index contributed by atoms with van der Waals surface area (Å²) in [5, 5.41) is 4.38. The summed E-state index contributed by atoms with van der Waals surface area (Å²) < 4.78 is 1.64. The predicted octanol–water partition coefficient (Wildman–Crippen LogP) is 2.28. The Kier molecular flexibility index (Phi) is 3.50. The third-order valence-corrected chi connectivity index (χ3v) is 4.95. The molecule has 130 valence electrons. The minimum Gasteiger partial charge on any atom is -0.369 e. The highest BCUT2D eigenvalue weighted by atomic mass is 16.1. The molecule has 6 heteroatoms. The van der Waals surface area contributed by atoms with Gasteiger partial charge in [-0.05, 0) is 35.7 Å². The van der Waals surface area contributed by atoms with Crippen molar-refractivity contribution in [3.05, 3.63) is 65.0 Å². The molecule has 0 aliphatic carbocycles. The average molecular weight is 345 g/mol. The van der Waals surface area contributed by atoms with Crippen LogP contribution >= 0.6 is 0 Å². The van der Waals surface area contributed by atoms with Gasteiger partial charge in [-0.2, -0.15) is 0 Å². The Morgan fingerprint density at radius 3 is 2.69 bits per heavy atom. The van der Waals surface area contributed by atoms with E-state index in [1.54, 1.807) is 10.6 Å². The first-order chi connectivity index (χ1) is 12.8. The summed E-state index contributed by atoms with van der Waals surface area (Å²) >= 11 is 0. The van der Waals surface area contributed by atoms with E-state index in [0.717, 1.165) is 48.1 Å². The lowest BCUT2D eigenvalue weighted by Gasteiger charge is -2.29. The maximum Gasteiger partial charge on any atom is 0.257 e. The lowest BCUT2D eigenvalue weighted by molar-refractivity contribution is 0.589. The normalized spacial score (nSPS) is 15.0. The second-order valence-electron chi connectivity index (χ2n) is 6.56. The molecule has 6 nitrogen and oxygen atoms in total. The van der Waals surface area contributed by atoms with Gasteiger partial charge in [-0.15, -0.1) is 0 Å². The quantitative estimate of drug-likeness (QED) is 0.585. The van der Waals surface area contributed by atoms with Crippen LogP contribution in [0.3, 0.4) is 0 Å².